The number of hydrogen-bond donors (Lipinski definition) is 0. The van der Waals surface area contributed by atoms with Gasteiger partial charge in [0.1, 0.15) is 0 Å². The molecule has 0 aliphatic heterocycles. The lowest BCUT2D eigenvalue weighted by molar-refractivity contribution is 0.0462. The van der Waals surface area contributed by atoms with Gasteiger partial charge in [0, 0.05) is 13.2 Å². The Kier molecular flexibility index (Phi) is 11.3. The maximum absolute atomic E-state index is 5.75. The molecular formula is C14H29O2. The summed E-state index contributed by atoms with van der Waals surface area (Å²) in [6, 6.07) is 0. The highest BCUT2D eigenvalue weighted by Crippen LogP contribution is 2.08. The topological polar surface area (TPSA) is 18.5 Å². The average molecular weight is 229 g/mol. The Balaban J connectivity index is 3.40. The number of ether oxygens (including phenoxy) is 2. The monoisotopic (exact) mass is 229 g/mol. The van der Waals surface area contributed by atoms with Gasteiger partial charge in [-0.3, -0.25) is 0 Å². The van der Waals surface area contributed by atoms with Crippen molar-refractivity contribution in [2.24, 2.45) is 0 Å². The molecule has 16 heavy (non-hydrogen) atoms. The van der Waals surface area contributed by atoms with Gasteiger partial charge in [-0.15, -0.1) is 0 Å². The Morgan fingerprint density at radius 3 is 2.31 bits per heavy atom. The molecule has 0 aromatic carbocycles. The van der Waals surface area contributed by atoms with E-state index in [2.05, 4.69) is 34.1 Å². The summed E-state index contributed by atoms with van der Waals surface area (Å²) in [5.41, 5.74) is 0. The van der Waals surface area contributed by atoms with E-state index < -0.39 is 0 Å². The first-order valence-corrected chi connectivity index (χ1v) is 6.81. The largest absolute Gasteiger partial charge is 0.379 e. The molecule has 0 N–H and O–H groups in total. The minimum absolute atomic E-state index is 0.312. The molecule has 0 fully saturated rings. The maximum Gasteiger partial charge on any atom is 0.0605 e. The summed E-state index contributed by atoms with van der Waals surface area (Å²) < 4.78 is 11.4. The normalized spacial score (nSPS) is 15.0. The highest BCUT2D eigenvalue weighted by molar-refractivity contribution is 4.75. The highest BCUT2D eigenvalue weighted by Gasteiger charge is 2.06. The van der Waals surface area contributed by atoms with Crippen LogP contribution in [0.15, 0.2) is 0 Å². The number of unbranched alkanes of at least 4 members (excludes halogenated alkanes) is 1. The third-order valence-corrected chi connectivity index (χ3v) is 2.76. The minimum atomic E-state index is 0.312. The first kappa shape index (κ1) is 15.9. The zero-order valence-corrected chi connectivity index (χ0v) is 11.5. The molecule has 2 unspecified atom stereocenters. The molecule has 97 valence electrons. The maximum atomic E-state index is 5.75. The SMILES string of the molecule is CCCCOC([CH]CCOC(C)CC)CC. The van der Waals surface area contributed by atoms with Crippen LogP contribution in [0.5, 0.6) is 0 Å². The van der Waals surface area contributed by atoms with Gasteiger partial charge in [0.25, 0.3) is 0 Å². The van der Waals surface area contributed by atoms with Crippen LogP contribution in [0, 0.1) is 6.42 Å². The van der Waals surface area contributed by atoms with Crippen molar-refractivity contribution in [3.8, 4) is 0 Å². The van der Waals surface area contributed by atoms with E-state index in [0.29, 0.717) is 12.2 Å². The number of rotatable bonds is 11. The molecule has 0 rings (SSSR count). The molecule has 0 aromatic rings. The molecule has 0 aliphatic carbocycles. The van der Waals surface area contributed by atoms with Crippen LogP contribution in [0.4, 0.5) is 0 Å². The van der Waals surface area contributed by atoms with Crippen molar-refractivity contribution in [3.05, 3.63) is 6.42 Å². The lowest BCUT2D eigenvalue weighted by atomic mass is 10.1. The van der Waals surface area contributed by atoms with E-state index in [0.717, 1.165) is 38.9 Å². The predicted octanol–water partition coefficient (Wildman–Crippen LogP) is 3.99. The van der Waals surface area contributed by atoms with E-state index in [9.17, 15) is 0 Å². The van der Waals surface area contributed by atoms with Gasteiger partial charge < -0.3 is 9.47 Å². The summed E-state index contributed by atoms with van der Waals surface area (Å²) in [4.78, 5) is 0. The first-order valence-electron chi connectivity index (χ1n) is 6.81. The zero-order valence-electron chi connectivity index (χ0n) is 11.5. The second-order valence-corrected chi connectivity index (χ2v) is 4.29. The molecule has 0 amide bonds. The molecule has 0 heterocycles. The molecule has 0 saturated carbocycles. The molecule has 2 nitrogen and oxygen atoms in total. The van der Waals surface area contributed by atoms with Crippen molar-refractivity contribution < 1.29 is 9.47 Å². The van der Waals surface area contributed by atoms with Crippen LogP contribution in [-0.4, -0.2) is 25.4 Å². The van der Waals surface area contributed by atoms with E-state index >= 15 is 0 Å². The summed E-state index contributed by atoms with van der Waals surface area (Å²) in [7, 11) is 0. The third-order valence-electron chi connectivity index (χ3n) is 2.76. The van der Waals surface area contributed by atoms with E-state index in [1.165, 1.54) is 6.42 Å². The van der Waals surface area contributed by atoms with Gasteiger partial charge in [0.05, 0.1) is 12.2 Å². The van der Waals surface area contributed by atoms with Gasteiger partial charge in [0.2, 0.25) is 0 Å². The summed E-state index contributed by atoms with van der Waals surface area (Å²) in [6.07, 6.45) is 8.45. The van der Waals surface area contributed by atoms with Gasteiger partial charge in [0.15, 0.2) is 0 Å². The van der Waals surface area contributed by atoms with E-state index in [4.69, 9.17) is 9.47 Å². The molecule has 0 bridgehead atoms. The fourth-order valence-corrected chi connectivity index (χ4v) is 1.37. The summed E-state index contributed by atoms with van der Waals surface area (Å²) in [5.74, 6) is 0. The van der Waals surface area contributed by atoms with Gasteiger partial charge in [-0.2, -0.15) is 0 Å². The van der Waals surface area contributed by atoms with Crippen molar-refractivity contribution in [1.29, 1.82) is 0 Å². The van der Waals surface area contributed by atoms with Crippen LogP contribution in [0.25, 0.3) is 0 Å². The summed E-state index contributed by atoms with van der Waals surface area (Å²) in [5, 5.41) is 0. The lowest BCUT2D eigenvalue weighted by Crippen LogP contribution is -2.15. The lowest BCUT2D eigenvalue weighted by Gasteiger charge is -2.16. The molecule has 1 radical (unpaired) electrons. The molecule has 0 aromatic heterocycles. The Morgan fingerprint density at radius 2 is 1.75 bits per heavy atom. The van der Waals surface area contributed by atoms with Gasteiger partial charge in [-0.05, 0) is 39.0 Å². The Bertz CT molecular complexity index is 137. The Hall–Kier alpha value is -0.0800. The molecule has 2 heteroatoms. The van der Waals surface area contributed by atoms with Crippen LogP contribution >= 0.6 is 0 Å². The highest BCUT2D eigenvalue weighted by atomic mass is 16.5. The van der Waals surface area contributed by atoms with Crippen LogP contribution in [0.1, 0.15) is 59.8 Å². The van der Waals surface area contributed by atoms with Crippen molar-refractivity contribution >= 4 is 0 Å². The fourth-order valence-electron chi connectivity index (χ4n) is 1.37. The van der Waals surface area contributed by atoms with Crippen molar-refractivity contribution in [1.82, 2.24) is 0 Å². The second-order valence-electron chi connectivity index (χ2n) is 4.29. The quantitative estimate of drug-likeness (QED) is 0.499. The number of hydrogen-bond acceptors (Lipinski definition) is 2. The van der Waals surface area contributed by atoms with Crippen LogP contribution < -0.4 is 0 Å². The van der Waals surface area contributed by atoms with Crippen molar-refractivity contribution in [2.75, 3.05) is 13.2 Å². The fraction of sp³-hybridized carbons (Fsp3) is 0.929. The molecule has 0 aliphatic rings. The van der Waals surface area contributed by atoms with Gasteiger partial charge in [-0.25, -0.2) is 0 Å². The van der Waals surface area contributed by atoms with Crippen molar-refractivity contribution in [2.45, 2.75) is 72.0 Å². The Labute approximate surface area is 102 Å². The van der Waals surface area contributed by atoms with Gasteiger partial charge >= 0.3 is 0 Å². The standard InChI is InChI=1S/C14H29O2/c1-5-8-11-16-14(7-3)10-9-12-15-13(4)6-2/h10,13-14H,5-9,11-12H2,1-4H3. The van der Waals surface area contributed by atoms with E-state index in [1.54, 1.807) is 0 Å². The molecule has 2 atom stereocenters. The summed E-state index contributed by atoms with van der Waals surface area (Å²) in [6.45, 7) is 10.3. The van der Waals surface area contributed by atoms with Gasteiger partial charge in [-0.1, -0.05) is 27.2 Å². The van der Waals surface area contributed by atoms with E-state index in [1.807, 2.05) is 0 Å². The zero-order chi connectivity index (χ0) is 12.2. The minimum Gasteiger partial charge on any atom is -0.379 e. The first-order chi connectivity index (χ1) is 7.74. The van der Waals surface area contributed by atoms with E-state index in [-0.39, 0.29) is 0 Å². The van der Waals surface area contributed by atoms with Crippen molar-refractivity contribution in [3.63, 3.8) is 0 Å². The third kappa shape index (κ3) is 9.17. The molecular weight excluding hydrogens is 200 g/mol. The molecule has 0 spiro atoms. The Morgan fingerprint density at radius 1 is 1.00 bits per heavy atom. The van der Waals surface area contributed by atoms with Crippen LogP contribution in [0.3, 0.4) is 0 Å². The van der Waals surface area contributed by atoms with Crippen LogP contribution in [-0.2, 0) is 9.47 Å². The van der Waals surface area contributed by atoms with Crippen LogP contribution in [0.2, 0.25) is 0 Å². The average Bonchev–Trinajstić information content (AvgIpc) is 2.31. The smallest absolute Gasteiger partial charge is 0.0605 e. The second kappa shape index (κ2) is 11.4. The predicted molar refractivity (Wildman–Crippen MR) is 69.6 cm³/mol. The summed E-state index contributed by atoms with van der Waals surface area (Å²) >= 11 is 0. The molecule has 0 saturated heterocycles.